The molecule has 4 aliphatic rings. The number of anilines is 1. The van der Waals surface area contributed by atoms with E-state index in [2.05, 4.69) is 116 Å². The lowest BCUT2D eigenvalue weighted by Gasteiger charge is -2.42. The molecular formula is C40H39N5O. The van der Waals surface area contributed by atoms with Gasteiger partial charge in [0.15, 0.2) is 12.0 Å². The molecule has 5 heterocycles. The fourth-order valence-corrected chi connectivity index (χ4v) is 8.55. The number of pyridine rings is 2. The minimum Gasteiger partial charge on any atom is -0.464 e. The molecule has 230 valence electrons. The van der Waals surface area contributed by atoms with E-state index in [0.717, 1.165) is 55.5 Å². The van der Waals surface area contributed by atoms with Crippen molar-refractivity contribution in [1.82, 2.24) is 19.9 Å². The van der Waals surface area contributed by atoms with Crippen LogP contribution in [0.4, 0.5) is 5.69 Å². The maximum atomic E-state index is 6.70. The van der Waals surface area contributed by atoms with E-state index < -0.39 is 0 Å². The molecule has 3 aromatic heterocycles. The van der Waals surface area contributed by atoms with Crippen molar-refractivity contribution >= 4 is 22.7 Å². The number of allylic oxidation sites excluding steroid dienone is 3. The largest absolute Gasteiger partial charge is 0.464 e. The molecule has 9 rings (SSSR count). The number of ether oxygens (including phenoxy) is 1. The maximum absolute atomic E-state index is 6.70. The molecule has 0 spiro atoms. The van der Waals surface area contributed by atoms with E-state index in [4.69, 9.17) is 4.74 Å². The first-order valence-corrected chi connectivity index (χ1v) is 16.9. The topological polar surface area (TPSA) is 64.0 Å². The second-order valence-electron chi connectivity index (χ2n) is 13.3. The maximum Gasteiger partial charge on any atom is 0.196 e. The zero-order chi connectivity index (χ0) is 30.5. The van der Waals surface area contributed by atoms with Crippen LogP contribution in [0, 0.1) is 5.92 Å². The average molecular weight is 606 g/mol. The van der Waals surface area contributed by atoms with Crippen molar-refractivity contribution in [3.63, 3.8) is 0 Å². The van der Waals surface area contributed by atoms with Crippen molar-refractivity contribution in [3.05, 3.63) is 138 Å². The van der Waals surface area contributed by atoms with E-state index in [1.807, 2.05) is 24.8 Å². The predicted molar refractivity (Wildman–Crippen MR) is 184 cm³/mol. The standard InChI is InChI=1S/C40H39N5O/c1-2-7-28(8-3-1)40-44-33-13-14-37-38(39(33)46-40)32-11-4-5-12-36(32)45(37)31-10-6-9-29(23-31)35-25-30(26-15-19-41-20-16-26)24-34(43-35)27-17-21-42-22-18-27/h1-4,6-8,10-11,13-22,29-31,34-35,40,43-44H,5,9,12,23-25H2. The number of hydrogen-bond donors (Lipinski definition) is 2. The second-order valence-corrected chi connectivity index (χ2v) is 13.3. The minimum atomic E-state index is -0.175. The molecule has 0 saturated carbocycles. The summed E-state index contributed by atoms with van der Waals surface area (Å²) in [5.41, 5.74) is 9.00. The summed E-state index contributed by atoms with van der Waals surface area (Å²) in [5, 5.41) is 9.02. The Balaban J connectivity index is 1.05. The van der Waals surface area contributed by atoms with E-state index >= 15 is 0 Å². The SMILES string of the molecule is C1=Cc2c(n(C3C=CCC(C4CC(c5ccncc5)CC(c5ccncc5)N4)C3)c3ccc4c(c23)OC(c2ccccc2)N4)CC1. The third-order valence-corrected chi connectivity index (χ3v) is 10.7. The van der Waals surface area contributed by atoms with Gasteiger partial charge in [0.25, 0.3) is 0 Å². The summed E-state index contributed by atoms with van der Waals surface area (Å²) in [7, 11) is 0. The van der Waals surface area contributed by atoms with Crippen molar-refractivity contribution in [2.45, 2.75) is 68.8 Å². The summed E-state index contributed by atoms with van der Waals surface area (Å²) in [4.78, 5) is 8.61. The first-order valence-electron chi connectivity index (χ1n) is 16.9. The van der Waals surface area contributed by atoms with Gasteiger partial charge in [-0.05, 0) is 97.9 Å². The number of nitrogens with one attached hydrogen (secondary N) is 2. The smallest absolute Gasteiger partial charge is 0.196 e. The molecular weight excluding hydrogens is 566 g/mol. The van der Waals surface area contributed by atoms with Crippen molar-refractivity contribution in [2.24, 2.45) is 5.92 Å². The van der Waals surface area contributed by atoms with Gasteiger partial charge < -0.3 is 19.9 Å². The van der Waals surface area contributed by atoms with Crippen molar-refractivity contribution < 1.29 is 4.74 Å². The monoisotopic (exact) mass is 605 g/mol. The molecule has 2 N–H and O–H groups in total. The second kappa shape index (κ2) is 11.6. The summed E-state index contributed by atoms with van der Waals surface area (Å²) >= 11 is 0. The highest BCUT2D eigenvalue weighted by molar-refractivity contribution is 6.01. The van der Waals surface area contributed by atoms with Gasteiger partial charge in [0.2, 0.25) is 0 Å². The highest BCUT2D eigenvalue weighted by Gasteiger charge is 2.37. The molecule has 2 aliphatic heterocycles. The van der Waals surface area contributed by atoms with Gasteiger partial charge in [0.05, 0.1) is 22.6 Å². The van der Waals surface area contributed by atoms with Gasteiger partial charge in [-0.3, -0.25) is 9.97 Å². The molecule has 1 saturated heterocycles. The molecule has 6 atom stereocenters. The molecule has 0 radical (unpaired) electrons. The van der Waals surface area contributed by atoms with Crippen LogP contribution >= 0.6 is 0 Å². The van der Waals surface area contributed by atoms with Crippen LogP contribution in [-0.2, 0) is 6.42 Å². The van der Waals surface area contributed by atoms with Crippen LogP contribution in [0.1, 0.15) is 84.3 Å². The highest BCUT2D eigenvalue weighted by Crippen LogP contribution is 2.49. The average Bonchev–Trinajstić information content (AvgIpc) is 3.72. The van der Waals surface area contributed by atoms with E-state index in [-0.39, 0.29) is 6.23 Å². The molecule has 6 nitrogen and oxygen atoms in total. The minimum absolute atomic E-state index is 0.175. The summed E-state index contributed by atoms with van der Waals surface area (Å²) in [6, 6.07) is 24.8. The lowest BCUT2D eigenvalue weighted by atomic mass is 9.74. The lowest BCUT2D eigenvalue weighted by Crippen LogP contribution is -2.45. The van der Waals surface area contributed by atoms with E-state index in [1.54, 1.807) is 0 Å². The first kappa shape index (κ1) is 27.6. The van der Waals surface area contributed by atoms with E-state index in [9.17, 15) is 0 Å². The molecule has 2 aliphatic carbocycles. The van der Waals surface area contributed by atoms with E-state index in [1.165, 1.54) is 33.3 Å². The Labute approximate surface area is 270 Å². The summed E-state index contributed by atoms with van der Waals surface area (Å²) in [6.45, 7) is 0. The van der Waals surface area contributed by atoms with Gasteiger partial charge in [0.1, 0.15) is 0 Å². The molecule has 1 fully saturated rings. The molecule has 6 unspecified atom stereocenters. The Morgan fingerprint density at radius 3 is 2.41 bits per heavy atom. The van der Waals surface area contributed by atoms with Crippen molar-refractivity contribution in [1.29, 1.82) is 0 Å². The Morgan fingerprint density at radius 2 is 1.59 bits per heavy atom. The summed E-state index contributed by atoms with van der Waals surface area (Å²) in [6.07, 6.45) is 23.7. The molecule has 0 bridgehead atoms. The predicted octanol–water partition coefficient (Wildman–Crippen LogP) is 8.68. The van der Waals surface area contributed by atoms with Crippen LogP contribution < -0.4 is 15.4 Å². The van der Waals surface area contributed by atoms with Crippen LogP contribution in [-0.4, -0.2) is 20.6 Å². The van der Waals surface area contributed by atoms with Gasteiger partial charge in [-0.15, -0.1) is 0 Å². The number of aromatic nitrogens is 3. The van der Waals surface area contributed by atoms with Gasteiger partial charge in [-0.2, -0.15) is 0 Å². The summed E-state index contributed by atoms with van der Waals surface area (Å²) in [5.74, 6) is 2.01. The number of hydrogen-bond acceptors (Lipinski definition) is 5. The Bertz CT molecular complexity index is 1870. The number of benzene rings is 2. The Kier molecular flexibility index (Phi) is 6.96. The van der Waals surface area contributed by atoms with Crippen molar-refractivity contribution in [2.75, 3.05) is 5.32 Å². The zero-order valence-electron chi connectivity index (χ0n) is 25.9. The van der Waals surface area contributed by atoms with Gasteiger partial charge in [0, 0.05) is 53.7 Å². The zero-order valence-corrected chi connectivity index (χ0v) is 25.9. The fourth-order valence-electron chi connectivity index (χ4n) is 8.55. The number of piperidine rings is 1. The Hall–Kier alpha value is -4.68. The highest BCUT2D eigenvalue weighted by atomic mass is 16.5. The van der Waals surface area contributed by atoms with Crippen LogP contribution in [0.3, 0.4) is 0 Å². The van der Waals surface area contributed by atoms with Crippen LogP contribution in [0.2, 0.25) is 0 Å². The summed E-state index contributed by atoms with van der Waals surface area (Å²) < 4.78 is 9.35. The number of fused-ring (bicyclic) bond motifs is 5. The number of rotatable bonds is 5. The third-order valence-electron chi connectivity index (χ3n) is 10.7. The quantitative estimate of drug-likeness (QED) is 0.196. The molecule has 5 aromatic rings. The lowest BCUT2D eigenvalue weighted by molar-refractivity contribution is 0.204. The van der Waals surface area contributed by atoms with E-state index in [0.29, 0.717) is 30.0 Å². The molecule has 2 aromatic carbocycles. The third kappa shape index (κ3) is 4.83. The molecule has 0 amide bonds. The molecule has 6 heteroatoms. The van der Waals surface area contributed by atoms with Gasteiger partial charge in [-0.25, -0.2) is 0 Å². The van der Waals surface area contributed by atoms with Crippen LogP contribution in [0.5, 0.6) is 5.75 Å². The van der Waals surface area contributed by atoms with Gasteiger partial charge in [-0.1, -0.05) is 54.6 Å². The fraction of sp³-hybridized carbons (Fsp3) is 0.300. The van der Waals surface area contributed by atoms with Crippen LogP contribution in [0.15, 0.2) is 110 Å². The number of nitrogens with zero attached hydrogens (tertiary/aromatic N) is 3. The van der Waals surface area contributed by atoms with Crippen molar-refractivity contribution in [3.8, 4) is 5.75 Å². The Morgan fingerprint density at radius 1 is 0.783 bits per heavy atom. The van der Waals surface area contributed by atoms with Gasteiger partial charge >= 0.3 is 0 Å². The van der Waals surface area contributed by atoms with Crippen LogP contribution in [0.25, 0.3) is 17.0 Å². The molecule has 46 heavy (non-hydrogen) atoms. The normalized spacial score (nSPS) is 26.7. The first-order chi connectivity index (χ1) is 22.8.